The molecule has 0 spiro atoms. The van der Waals surface area contributed by atoms with Crippen molar-refractivity contribution in [3.05, 3.63) is 40.5 Å². The van der Waals surface area contributed by atoms with E-state index < -0.39 is 0 Å². The molecule has 2 aliphatic rings. The van der Waals surface area contributed by atoms with Gasteiger partial charge in [0.2, 0.25) is 4.80 Å². The van der Waals surface area contributed by atoms with E-state index in [1.807, 2.05) is 29.8 Å². The Balaban J connectivity index is 1.78. The second-order valence-electron chi connectivity index (χ2n) is 7.90. The van der Waals surface area contributed by atoms with E-state index in [9.17, 15) is 4.79 Å². The van der Waals surface area contributed by atoms with E-state index >= 15 is 0 Å². The molecule has 0 saturated heterocycles. The molecular formula is C22H26N4O2S. The Morgan fingerprint density at radius 2 is 2.31 bits per heavy atom. The summed E-state index contributed by atoms with van der Waals surface area (Å²) in [7, 11) is 0. The van der Waals surface area contributed by atoms with Crippen LogP contribution in [0.5, 0.6) is 5.75 Å². The number of benzene rings is 1. The van der Waals surface area contributed by atoms with Gasteiger partial charge < -0.3 is 10.1 Å². The standard InChI is InChI=1S/C22H26N4O2S/c1-14(2)11-23-22-26(25-17-6-4-5-15(3)9-17)19(13-29-22)16-7-8-20-18(10-16)24-21(27)12-28-20/h7-8,10,13,15H,1,4-6,9,11-12H2,2-3H3,(H,24,27). The summed E-state index contributed by atoms with van der Waals surface area (Å²) in [5.41, 5.74) is 4.85. The number of rotatable bonds is 4. The number of amides is 1. The topological polar surface area (TPSA) is 68.0 Å². The number of nitrogens with zero attached hydrogens (tertiary/aromatic N) is 3. The van der Waals surface area contributed by atoms with Gasteiger partial charge in [0.1, 0.15) is 5.75 Å². The molecule has 1 fully saturated rings. The smallest absolute Gasteiger partial charge is 0.262 e. The summed E-state index contributed by atoms with van der Waals surface area (Å²) in [6, 6.07) is 5.84. The minimum Gasteiger partial charge on any atom is -0.482 e. The number of fused-ring (bicyclic) bond motifs is 1. The van der Waals surface area contributed by atoms with Crippen LogP contribution in [0, 0.1) is 5.92 Å². The zero-order valence-corrected chi connectivity index (χ0v) is 17.7. The lowest BCUT2D eigenvalue weighted by Gasteiger charge is -2.20. The minimum atomic E-state index is -0.138. The molecule has 29 heavy (non-hydrogen) atoms. The number of nitrogens with one attached hydrogen (secondary N) is 1. The molecular weight excluding hydrogens is 384 g/mol. The first kappa shape index (κ1) is 19.6. The number of carbonyl (C=O) groups excluding carboxylic acids is 1. The molecule has 1 aromatic heterocycles. The van der Waals surface area contributed by atoms with Gasteiger partial charge in [-0.15, -0.1) is 11.3 Å². The second kappa shape index (κ2) is 8.37. The summed E-state index contributed by atoms with van der Waals surface area (Å²) >= 11 is 1.57. The van der Waals surface area contributed by atoms with Crippen LogP contribution in [-0.2, 0) is 4.79 Å². The van der Waals surface area contributed by atoms with Crippen molar-refractivity contribution >= 4 is 28.6 Å². The van der Waals surface area contributed by atoms with E-state index in [2.05, 4.69) is 24.2 Å². The Morgan fingerprint density at radius 1 is 1.45 bits per heavy atom. The van der Waals surface area contributed by atoms with E-state index in [-0.39, 0.29) is 12.5 Å². The number of hydrogen-bond donors (Lipinski definition) is 1. The van der Waals surface area contributed by atoms with Crippen molar-refractivity contribution in [2.45, 2.75) is 39.5 Å². The first-order chi connectivity index (χ1) is 14.0. The van der Waals surface area contributed by atoms with Crippen LogP contribution in [0.3, 0.4) is 0 Å². The molecule has 152 valence electrons. The number of hydrogen-bond acceptors (Lipinski definition) is 5. The van der Waals surface area contributed by atoms with Crippen LogP contribution in [-0.4, -0.2) is 29.4 Å². The Kier molecular flexibility index (Phi) is 5.67. The van der Waals surface area contributed by atoms with Crippen molar-refractivity contribution in [3.8, 4) is 17.0 Å². The van der Waals surface area contributed by atoms with E-state index in [4.69, 9.17) is 14.8 Å². The molecule has 4 rings (SSSR count). The summed E-state index contributed by atoms with van der Waals surface area (Å²) in [5.74, 6) is 1.22. The largest absolute Gasteiger partial charge is 0.482 e. The number of ether oxygens (including phenoxy) is 1. The van der Waals surface area contributed by atoms with Crippen LogP contribution in [0.1, 0.15) is 39.5 Å². The van der Waals surface area contributed by atoms with Gasteiger partial charge >= 0.3 is 0 Å². The lowest BCUT2D eigenvalue weighted by Crippen LogP contribution is -2.25. The Labute approximate surface area is 174 Å². The molecule has 1 aromatic carbocycles. The van der Waals surface area contributed by atoms with Gasteiger partial charge in [-0.3, -0.25) is 9.79 Å². The SMILES string of the molecule is C=C(C)CN=c1scc(-c2ccc3c(c2)NC(=O)CO3)n1N=C1CCCC(C)C1. The number of anilines is 1. The maximum Gasteiger partial charge on any atom is 0.262 e. The Morgan fingerprint density at radius 3 is 3.10 bits per heavy atom. The van der Waals surface area contributed by atoms with Crippen LogP contribution < -0.4 is 14.9 Å². The third-order valence-electron chi connectivity index (χ3n) is 5.07. The lowest BCUT2D eigenvalue weighted by atomic mass is 9.89. The molecule has 1 unspecified atom stereocenters. The zero-order chi connectivity index (χ0) is 20.4. The Hall–Kier alpha value is -2.67. The summed E-state index contributed by atoms with van der Waals surface area (Å²) in [6.07, 6.45) is 4.50. The molecule has 1 saturated carbocycles. The van der Waals surface area contributed by atoms with Gasteiger partial charge in [-0.2, -0.15) is 5.10 Å². The van der Waals surface area contributed by atoms with Gasteiger partial charge in [-0.05, 0) is 56.7 Å². The average molecular weight is 411 g/mol. The molecule has 1 aliphatic heterocycles. The van der Waals surface area contributed by atoms with Crippen LogP contribution in [0.4, 0.5) is 5.69 Å². The highest BCUT2D eigenvalue weighted by atomic mass is 32.1. The maximum atomic E-state index is 11.7. The zero-order valence-electron chi connectivity index (χ0n) is 16.9. The van der Waals surface area contributed by atoms with E-state index in [0.717, 1.165) is 34.5 Å². The summed E-state index contributed by atoms with van der Waals surface area (Å²) < 4.78 is 7.44. The molecule has 1 aliphatic carbocycles. The van der Waals surface area contributed by atoms with Gasteiger partial charge in [-0.25, -0.2) is 4.68 Å². The molecule has 2 aromatic rings. The number of thiazole rings is 1. The minimum absolute atomic E-state index is 0.0561. The predicted molar refractivity (Wildman–Crippen MR) is 118 cm³/mol. The second-order valence-corrected chi connectivity index (χ2v) is 8.74. The van der Waals surface area contributed by atoms with Gasteiger partial charge in [0, 0.05) is 16.7 Å². The third kappa shape index (κ3) is 4.50. The van der Waals surface area contributed by atoms with E-state index in [1.165, 1.54) is 18.6 Å². The van der Waals surface area contributed by atoms with E-state index in [0.29, 0.717) is 23.9 Å². The number of aromatic nitrogens is 1. The normalized spacial score (nSPS) is 20.9. The fourth-order valence-corrected chi connectivity index (χ4v) is 4.47. The molecule has 1 atom stereocenters. The first-order valence-electron chi connectivity index (χ1n) is 9.99. The molecule has 0 radical (unpaired) electrons. The molecule has 7 heteroatoms. The predicted octanol–water partition coefficient (Wildman–Crippen LogP) is 4.44. The fraction of sp³-hybridized carbons (Fsp3) is 0.409. The third-order valence-corrected chi connectivity index (χ3v) is 5.92. The van der Waals surface area contributed by atoms with Crippen molar-refractivity contribution in [1.82, 2.24) is 4.68 Å². The lowest BCUT2D eigenvalue weighted by molar-refractivity contribution is -0.118. The Bertz CT molecular complexity index is 1050. The molecule has 6 nitrogen and oxygen atoms in total. The molecule has 0 bridgehead atoms. The van der Waals surface area contributed by atoms with Crippen LogP contribution in [0.15, 0.2) is 45.8 Å². The van der Waals surface area contributed by atoms with Crippen LogP contribution in [0.2, 0.25) is 0 Å². The summed E-state index contributed by atoms with van der Waals surface area (Å²) in [5, 5.41) is 9.96. The van der Waals surface area contributed by atoms with Crippen LogP contribution >= 0.6 is 11.3 Å². The highest BCUT2D eigenvalue weighted by molar-refractivity contribution is 7.07. The molecule has 1 amide bonds. The van der Waals surface area contributed by atoms with Crippen LogP contribution in [0.25, 0.3) is 11.3 Å². The van der Waals surface area contributed by atoms with Gasteiger partial charge in [0.05, 0.1) is 17.9 Å². The fourth-order valence-electron chi connectivity index (χ4n) is 3.64. The highest BCUT2D eigenvalue weighted by Gasteiger charge is 2.19. The van der Waals surface area contributed by atoms with Gasteiger partial charge in [0.25, 0.3) is 5.91 Å². The number of carbonyl (C=O) groups is 1. The van der Waals surface area contributed by atoms with E-state index in [1.54, 1.807) is 11.3 Å². The summed E-state index contributed by atoms with van der Waals surface area (Å²) in [6.45, 7) is 8.85. The van der Waals surface area contributed by atoms with Crippen molar-refractivity contribution in [2.75, 3.05) is 18.5 Å². The first-order valence-corrected chi connectivity index (χ1v) is 10.9. The summed E-state index contributed by atoms with van der Waals surface area (Å²) in [4.78, 5) is 17.3. The van der Waals surface area contributed by atoms with Gasteiger partial charge in [0.15, 0.2) is 6.61 Å². The maximum absolute atomic E-state index is 11.7. The van der Waals surface area contributed by atoms with Crippen molar-refractivity contribution in [1.29, 1.82) is 0 Å². The quantitative estimate of drug-likeness (QED) is 0.757. The van der Waals surface area contributed by atoms with Crippen molar-refractivity contribution in [3.63, 3.8) is 0 Å². The average Bonchev–Trinajstić information content (AvgIpc) is 3.08. The van der Waals surface area contributed by atoms with Gasteiger partial charge in [-0.1, -0.05) is 19.1 Å². The molecule has 1 N–H and O–H groups in total. The monoisotopic (exact) mass is 410 g/mol. The molecule has 2 heterocycles. The van der Waals surface area contributed by atoms with Crippen molar-refractivity contribution < 1.29 is 9.53 Å². The van der Waals surface area contributed by atoms with Crippen molar-refractivity contribution in [2.24, 2.45) is 16.0 Å². The highest BCUT2D eigenvalue weighted by Crippen LogP contribution is 2.33.